The third-order valence-electron chi connectivity index (χ3n) is 4.22. The summed E-state index contributed by atoms with van der Waals surface area (Å²) in [6, 6.07) is 9.66. The summed E-state index contributed by atoms with van der Waals surface area (Å²) in [7, 11) is 1.75. The first kappa shape index (κ1) is 21.3. The van der Waals surface area contributed by atoms with Crippen molar-refractivity contribution in [3.63, 3.8) is 0 Å². The number of nitrogens with zero attached hydrogens (tertiary/aromatic N) is 1. The number of hydrogen-bond donors (Lipinski definition) is 3. The lowest BCUT2D eigenvalue weighted by molar-refractivity contribution is -0.121. The van der Waals surface area contributed by atoms with Gasteiger partial charge in [0.1, 0.15) is 0 Å². The number of carbonyl (C=O) groups excluding carboxylic acids is 2. The number of benzene rings is 1. The molecule has 0 radical (unpaired) electrons. The van der Waals surface area contributed by atoms with E-state index in [1.807, 2.05) is 30.3 Å². The van der Waals surface area contributed by atoms with Crippen molar-refractivity contribution in [3.8, 4) is 0 Å². The van der Waals surface area contributed by atoms with Crippen molar-refractivity contribution < 1.29 is 9.59 Å². The smallest absolute Gasteiger partial charge is 0.317 e. The Balaban J connectivity index is 0.00000312. The van der Waals surface area contributed by atoms with E-state index in [-0.39, 0.29) is 24.3 Å². The Labute approximate surface area is 156 Å². The first-order valence-corrected chi connectivity index (χ1v) is 8.65. The van der Waals surface area contributed by atoms with Gasteiger partial charge in [0.15, 0.2) is 0 Å². The standard InChI is InChI=1S/C18H28N4O2.ClH/c1-22(14-15-6-3-2-4-7-15)18(24)20-11-9-17(23)21-13-16-8-5-10-19-12-16;/h2-4,6-7,16,19H,5,8-14H2,1H3,(H,20,24)(H,21,23);1H. The molecule has 0 bridgehead atoms. The minimum Gasteiger partial charge on any atom is -0.356 e. The highest BCUT2D eigenvalue weighted by molar-refractivity contribution is 5.85. The Bertz CT molecular complexity index is 521. The largest absolute Gasteiger partial charge is 0.356 e. The second kappa shape index (κ2) is 11.7. The average molecular weight is 369 g/mol. The average Bonchev–Trinajstić information content (AvgIpc) is 2.61. The fourth-order valence-corrected chi connectivity index (χ4v) is 2.79. The molecule has 1 aliphatic rings. The monoisotopic (exact) mass is 368 g/mol. The molecule has 1 aromatic carbocycles. The third-order valence-corrected chi connectivity index (χ3v) is 4.22. The van der Waals surface area contributed by atoms with Gasteiger partial charge in [-0.25, -0.2) is 4.79 Å². The topological polar surface area (TPSA) is 73.5 Å². The fraction of sp³-hybridized carbons (Fsp3) is 0.556. The van der Waals surface area contributed by atoms with E-state index in [0.29, 0.717) is 32.0 Å². The number of halogens is 1. The van der Waals surface area contributed by atoms with Crippen molar-refractivity contribution in [3.05, 3.63) is 35.9 Å². The maximum Gasteiger partial charge on any atom is 0.317 e. The number of amides is 3. The molecule has 1 unspecified atom stereocenters. The van der Waals surface area contributed by atoms with E-state index < -0.39 is 0 Å². The number of rotatable bonds is 7. The van der Waals surface area contributed by atoms with Crippen LogP contribution in [0.1, 0.15) is 24.8 Å². The minimum atomic E-state index is -0.164. The Morgan fingerprint density at radius 1 is 1.24 bits per heavy atom. The van der Waals surface area contributed by atoms with Crippen LogP contribution >= 0.6 is 12.4 Å². The molecular weight excluding hydrogens is 340 g/mol. The molecule has 3 amide bonds. The van der Waals surface area contributed by atoms with Gasteiger partial charge in [-0.1, -0.05) is 30.3 Å². The summed E-state index contributed by atoms with van der Waals surface area (Å²) >= 11 is 0. The van der Waals surface area contributed by atoms with Crippen LogP contribution in [0, 0.1) is 5.92 Å². The van der Waals surface area contributed by atoms with Gasteiger partial charge in [0.25, 0.3) is 0 Å². The molecule has 0 aromatic heterocycles. The molecule has 1 aliphatic heterocycles. The van der Waals surface area contributed by atoms with E-state index in [1.165, 1.54) is 6.42 Å². The maximum absolute atomic E-state index is 12.0. The minimum absolute atomic E-state index is 0. The first-order chi connectivity index (χ1) is 11.6. The first-order valence-electron chi connectivity index (χ1n) is 8.65. The molecule has 1 heterocycles. The predicted octanol–water partition coefficient (Wildman–Crippen LogP) is 1.76. The molecule has 1 saturated heterocycles. The van der Waals surface area contributed by atoms with E-state index in [4.69, 9.17) is 0 Å². The van der Waals surface area contributed by atoms with Crippen molar-refractivity contribution in [1.29, 1.82) is 0 Å². The highest BCUT2D eigenvalue weighted by Crippen LogP contribution is 2.08. The van der Waals surface area contributed by atoms with Crippen LogP contribution in [-0.4, -0.2) is 50.1 Å². The Morgan fingerprint density at radius 3 is 2.68 bits per heavy atom. The van der Waals surface area contributed by atoms with Gasteiger partial charge in [-0.05, 0) is 37.4 Å². The fourth-order valence-electron chi connectivity index (χ4n) is 2.79. The van der Waals surface area contributed by atoms with E-state index in [9.17, 15) is 9.59 Å². The zero-order valence-electron chi connectivity index (χ0n) is 14.8. The van der Waals surface area contributed by atoms with Crippen molar-refractivity contribution in [2.75, 3.05) is 33.2 Å². The molecule has 0 aliphatic carbocycles. The van der Waals surface area contributed by atoms with Crippen LogP contribution in [0.15, 0.2) is 30.3 Å². The summed E-state index contributed by atoms with van der Waals surface area (Å²) in [5.74, 6) is 0.515. The van der Waals surface area contributed by atoms with Crippen LogP contribution in [-0.2, 0) is 11.3 Å². The van der Waals surface area contributed by atoms with Crippen molar-refractivity contribution in [1.82, 2.24) is 20.9 Å². The van der Waals surface area contributed by atoms with E-state index in [2.05, 4.69) is 16.0 Å². The lowest BCUT2D eigenvalue weighted by Crippen LogP contribution is -2.40. The van der Waals surface area contributed by atoms with Crippen LogP contribution in [0.25, 0.3) is 0 Å². The van der Waals surface area contributed by atoms with Gasteiger partial charge < -0.3 is 20.9 Å². The lowest BCUT2D eigenvalue weighted by Gasteiger charge is -2.23. The maximum atomic E-state index is 12.0. The summed E-state index contributed by atoms with van der Waals surface area (Å²) in [6.07, 6.45) is 2.64. The van der Waals surface area contributed by atoms with Crippen LogP contribution in [0.2, 0.25) is 0 Å². The third kappa shape index (κ3) is 8.23. The van der Waals surface area contributed by atoms with Gasteiger partial charge >= 0.3 is 6.03 Å². The Kier molecular flexibility index (Phi) is 9.96. The molecule has 1 aromatic rings. The summed E-state index contributed by atoms with van der Waals surface area (Å²) in [5, 5.41) is 9.07. The second-order valence-electron chi connectivity index (χ2n) is 6.34. The van der Waals surface area contributed by atoms with Gasteiger partial charge in [-0.3, -0.25) is 4.79 Å². The Morgan fingerprint density at radius 2 is 2.00 bits per heavy atom. The zero-order chi connectivity index (χ0) is 17.2. The molecule has 0 saturated carbocycles. The number of hydrogen-bond acceptors (Lipinski definition) is 3. The van der Waals surface area contributed by atoms with Gasteiger partial charge in [0.2, 0.25) is 5.91 Å². The molecule has 2 rings (SSSR count). The quantitative estimate of drug-likeness (QED) is 0.686. The lowest BCUT2D eigenvalue weighted by atomic mass is 10.00. The molecule has 1 atom stereocenters. The molecular formula is C18H29ClN4O2. The molecule has 7 heteroatoms. The highest BCUT2D eigenvalue weighted by Gasteiger charge is 2.14. The summed E-state index contributed by atoms with van der Waals surface area (Å²) in [5.41, 5.74) is 1.08. The zero-order valence-corrected chi connectivity index (χ0v) is 15.6. The predicted molar refractivity (Wildman–Crippen MR) is 102 cm³/mol. The highest BCUT2D eigenvalue weighted by atomic mass is 35.5. The Hall–Kier alpha value is -1.79. The van der Waals surface area contributed by atoms with E-state index in [0.717, 1.165) is 25.1 Å². The molecule has 1 fully saturated rings. The van der Waals surface area contributed by atoms with Crippen LogP contribution < -0.4 is 16.0 Å². The normalized spacial score (nSPS) is 16.4. The second-order valence-corrected chi connectivity index (χ2v) is 6.34. The molecule has 3 N–H and O–H groups in total. The van der Waals surface area contributed by atoms with Gasteiger partial charge in [0.05, 0.1) is 0 Å². The van der Waals surface area contributed by atoms with Gasteiger partial charge in [0, 0.05) is 33.1 Å². The molecule has 25 heavy (non-hydrogen) atoms. The van der Waals surface area contributed by atoms with E-state index in [1.54, 1.807) is 11.9 Å². The van der Waals surface area contributed by atoms with E-state index >= 15 is 0 Å². The number of nitrogens with one attached hydrogen (secondary N) is 3. The van der Waals surface area contributed by atoms with Crippen molar-refractivity contribution in [2.45, 2.75) is 25.8 Å². The summed E-state index contributed by atoms with van der Waals surface area (Å²) in [4.78, 5) is 25.5. The van der Waals surface area contributed by atoms with Crippen LogP contribution in [0.5, 0.6) is 0 Å². The SMILES string of the molecule is CN(Cc1ccccc1)C(=O)NCCC(=O)NCC1CCCNC1.Cl. The van der Waals surface area contributed by atoms with Gasteiger partial charge in [-0.2, -0.15) is 0 Å². The molecule has 6 nitrogen and oxygen atoms in total. The van der Waals surface area contributed by atoms with Crippen molar-refractivity contribution in [2.24, 2.45) is 5.92 Å². The summed E-state index contributed by atoms with van der Waals surface area (Å²) < 4.78 is 0. The van der Waals surface area contributed by atoms with Gasteiger partial charge in [-0.15, -0.1) is 12.4 Å². The number of urea groups is 1. The van der Waals surface area contributed by atoms with Crippen LogP contribution in [0.3, 0.4) is 0 Å². The van der Waals surface area contributed by atoms with Crippen molar-refractivity contribution >= 4 is 24.3 Å². The van der Waals surface area contributed by atoms with Crippen LogP contribution in [0.4, 0.5) is 4.79 Å². The number of piperidine rings is 1. The molecule has 0 spiro atoms. The summed E-state index contributed by atoms with van der Waals surface area (Å²) in [6.45, 7) is 3.67. The number of carbonyl (C=O) groups is 2. The molecule has 140 valence electrons.